The fraction of sp³-hybridized carbons (Fsp3) is 0.556. The third-order valence-corrected chi connectivity index (χ3v) is 6.70. The van der Waals surface area contributed by atoms with Crippen molar-refractivity contribution in [2.75, 3.05) is 33.8 Å². The third-order valence-electron chi connectivity index (χ3n) is 6.70. The smallest absolute Gasteiger partial charge is 0.160 e. The molecule has 0 N–H and O–H groups in total. The van der Waals surface area contributed by atoms with Crippen molar-refractivity contribution < 1.29 is 23.1 Å². The van der Waals surface area contributed by atoms with Gasteiger partial charge in [-0.2, -0.15) is 0 Å². The number of rotatable bonds is 10. The van der Waals surface area contributed by atoms with Crippen molar-refractivity contribution in [3.05, 3.63) is 59.7 Å². The van der Waals surface area contributed by atoms with Gasteiger partial charge in [-0.1, -0.05) is 49.2 Å². The Balaban J connectivity index is 1.26. The topological polar surface area (TPSA) is 40.2 Å². The number of ether oxygens (including phenoxy) is 4. The van der Waals surface area contributed by atoms with Crippen molar-refractivity contribution in [2.24, 2.45) is 0 Å². The number of hydrogen-bond acceptors (Lipinski definition) is 5. The lowest BCUT2D eigenvalue weighted by Gasteiger charge is -2.37. The summed E-state index contributed by atoms with van der Waals surface area (Å²) in [6.07, 6.45) is 7.03. The SMILES string of the molecule is [2H]C([2H])([2H])Oc1ccc(CCOC2CCCCC2N2CC[C@@H](OCc3ccccc3)C2)cc1OC. The molecule has 2 aromatic rings. The Labute approximate surface area is 196 Å². The first kappa shape index (κ1) is 19.4. The predicted octanol–water partition coefficient (Wildman–Crippen LogP) is 4.87. The summed E-state index contributed by atoms with van der Waals surface area (Å²) >= 11 is 0. The lowest BCUT2D eigenvalue weighted by Crippen LogP contribution is -2.46. The molecule has 0 bridgehead atoms. The molecule has 0 spiro atoms. The average Bonchev–Trinajstić information content (AvgIpc) is 3.32. The van der Waals surface area contributed by atoms with Gasteiger partial charge in [-0.05, 0) is 48.9 Å². The molecular weight excluding hydrogens is 402 g/mol. The van der Waals surface area contributed by atoms with E-state index in [1.807, 2.05) is 18.2 Å². The Bertz CT molecular complexity index is 924. The second kappa shape index (κ2) is 11.7. The quantitative estimate of drug-likeness (QED) is 0.525. The minimum atomic E-state index is -2.50. The van der Waals surface area contributed by atoms with Gasteiger partial charge < -0.3 is 18.9 Å². The largest absolute Gasteiger partial charge is 0.493 e. The van der Waals surface area contributed by atoms with Gasteiger partial charge in [0.1, 0.15) is 0 Å². The first-order valence-corrected chi connectivity index (χ1v) is 11.8. The van der Waals surface area contributed by atoms with Crippen LogP contribution in [-0.2, 0) is 22.5 Å². The van der Waals surface area contributed by atoms with Gasteiger partial charge in [0.2, 0.25) is 0 Å². The van der Waals surface area contributed by atoms with Crippen LogP contribution >= 0.6 is 0 Å². The van der Waals surface area contributed by atoms with Crippen LogP contribution in [0.25, 0.3) is 0 Å². The highest BCUT2D eigenvalue weighted by Gasteiger charge is 2.35. The van der Waals surface area contributed by atoms with Crippen LogP contribution in [0.4, 0.5) is 0 Å². The van der Waals surface area contributed by atoms with Crippen LogP contribution in [0.1, 0.15) is 47.3 Å². The van der Waals surface area contributed by atoms with Crippen LogP contribution in [0.15, 0.2) is 48.5 Å². The van der Waals surface area contributed by atoms with Crippen molar-refractivity contribution >= 4 is 0 Å². The van der Waals surface area contributed by atoms with Crippen LogP contribution in [-0.4, -0.2) is 57.0 Å². The van der Waals surface area contributed by atoms with E-state index < -0.39 is 7.04 Å². The molecule has 0 radical (unpaired) electrons. The van der Waals surface area contributed by atoms with Crippen molar-refractivity contribution in [1.29, 1.82) is 0 Å². The molecule has 1 saturated heterocycles. The Morgan fingerprint density at radius 1 is 0.938 bits per heavy atom. The molecule has 4 rings (SSSR count). The fourth-order valence-corrected chi connectivity index (χ4v) is 4.95. The van der Waals surface area contributed by atoms with Crippen molar-refractivity contribution in [3.63, 3.8) is 0 Å². The number of methoxy groups -OCH3 is 2. The standard InChI is InChI=1S/C27H37NO4/c1-29-26-13-12-21(18-27(26)30-2)15-17-31-25-11-7-6-10-24(25)28-16-14-23(19-28)32-20-22-8-4-3-5-9-22/h3-5,8-9,12-13,18,23-25H,6-7,10-11,14-17,19-20H2,1-2H3/t23-,24?,25?/m1/s1/i1D3. The summed E-state index contributed by atoms with van der Waals surface area (Å²) in [6, 6.07) is 16.2. The minimum absolute atomic E-state index is 0.225. The normalized spacial score (nSPS) is 25.7. The second-order valence-electron chi connectivity index (χ2n) is 8.80. The Kier molecular flexibility index (Phi) is 7.08. The van der Waals surface area contributed by atoms with Gasteiger partial charge in [-0.15, -0.1) is 0 Å². The third kappa shape index (κ3) is 6.03. The molecule has 0 aromatic heterocycles. The second-order valence-corrected chi connectivity index (χ2v) is 8.80. The molecule has 2 fully saturated rings. The average molecular weight is 443 g/mol. The van der Waals surface area contributed by atoms with Crippen molar-refractivity contribution in [2.45, 2.75) is 63.4 Å². The van der Waals surface area contributed by atoms with E-state index >= 15 is 0 Å². The predicted molar refractivity (Wildman–Crippen MR) is 126 cm³/mol. The molecule has 5 nitrogen and oxygen atoms in total. The molecule has 0 amide bonds. The molecule has 3 atom stereocenters. The first-order valence-electron chi connectivity index (χ1n) is 13.3. The van der Waals surface area contributed by atoms with Crippen LogP contribution < -0.4 is 9.47 Å². The number of nitrogens with zero attached hydrogens (tertiary/aromatic N) is 1. The van der Waals surface area contributed by atoms with Crippen LogP contribution in [0, 0.1) is 0 Å². The molecule has 1 saturated carbocycles. The fourth-order valence-electron chi connectivity index (χ4n) is 4.95. The number of likely N-dealkylation sites (tertiary alicyclic amines) is 1. The van der Waals surface area contributed by atoms with Crippen LogP contribution in [0.5, 0.6) is 11.5 Å². The molecule has 1 aliphatic carbocycles. The van der Waals surface area contributed by atoms with E-state index in [0.29, 0.717) is 25.0 Å². The molecule has 2 aromatic carbocycles. The Hall–Kier alpha value is -2.08. The zero-order valence-electron chi connectivity index (χ0n) is 22.0. The van der Waals surface area contributed by atoms with E-state index in [1.165, 1.54) is 31.9 Å². The van der Waals surface area contributed by atoms with Crippen LogP contribution in [0.3, 0.4) is 0 Å². The number of hydrogen-bond donors (Lipinski definition) is 0. The highest BCUT2D eigenvalue weighted by Crippen LogP contribution is 2.30. The number of benzene rings is 2. The van der Waals surface area contributed by atoms with Gasteiger partial charge >= 0.3 is 0 Å². The maximum absolute atomic E-state index is 7.31. The lowest BCUT2D eigenvalue weighted by atomic mass is 9.91. The van der Waals surface area contributed by atoms with E-state index in [0.717, 1.165) is 37.9 Å². The molecule has 1 heterocycles. The summed E-state index contributed by atoms with van der Waals surface area (Å²) in [4.78, 5) is 2.57. The summed E-state index contributed by atoms with van der Waals surface area (Å²) in [5, 5.41) is 0. The molecule has 174 valence electrons. The molecule has 2 aliphatic rings. The van der Waals surface area contributed by atoms with Crippen molar-refractivity contribution in [3.8, 4) is 11.5 Å². The molecule has 1 aliphatic heterocycles. The molecule has 2 unspecified atom stereocenters. The Morgan fingerprint density at radius 2 is 1.81 bits per heavy atom. The van der Waals surface area contributed by atoms with Gasteiger partial charge in [0, 0.05) is 19.1 Å². The van der Waals surface area contributed by atoms with E-state index in [9.17, 15) is 0 Å². The summed E-state index contributed by atoms with van der Waals surface area (Å²) in [5.74, 6) is 0.648. The zero-order chi connectivity index (χ0) is 24.7. The van der Waals surface area contributed by atoms with Crippen LogP contribution in [0.2, 0.25) is 0 Å². The van der Waals surface area contributed by atoms with Gasteiger partial charge in [0.05, 0.1) is 43.7 Å². The maximum atomic E-state index is 7.31. The van der Waals surface area contributed by atoms with E-state index in [2.05, 4.69) is 29.2 Å². The zero-order valence-corrected chi connectivity index (χ0v) is 19.0. The van der Waals surface area contributed by atoms with E-state index in [4.69, 9.17) is 23.1 Å². The molecule has 5 heteroatoms. The summed E-state index contributed by atoms with van der Waals surface area (Å²) in [5.41, 5.74) is 2.25. The van der Waals surface area contributed by atoms with Crippen molar-refractivity contribution in [1.82, 2.24) is 4.90 Å². The van der Waals surface area contributed by atoms with Gasteiger partial charge in [0.25, 0.3) is 0 Å². The lowest BCUT2D eigenvalue weighted by molar-refractivity contribution is -0.0352. The first-order chi connectivity index (χ1) is 16.9. The van der Waals surface area contributed by atoms with E-state index in [1.54, 1.807) is 6.07 Å². The van der Waals surface area contributed by atoms with E-state index in [-0.39, 0.29) is 18.0 Å². The van der Waals surface area contributed by atoms with Gasteiger partial charge in [0.15, 0.2) is 11.5 Å². The monoisotopic (exact) mass is 442 g/mol. The minimum Gasteiger partial charge on any atom is -0.493 e. The summed E-state index contributed by atoms with van der Waals surface area (Å²) in [6.45, 7) is 3.32. The highest BCUT2D eigenvalue weighted by atomic mass is 16.5. The summed E-state index contributed by atoms with van der Waals surface area (Å²) < 4.78 is 44.9. The van der Waals surface area contributed by atoms with Gasteiger partial charge in [-0.3, -0.25) is 4.90 Å². The maximum Gasteiger partial charge on any atom is 0.160 e. The molecule has 32 heavy (non-hydrogen) atoms. The highest BCUT2D eigenvalue weighted by molar-refractivity contribution is 5.42. The Morgan fingerprint density at radius 3 is 2.66 bits per heavy atom. The summed E-state index contributed by atoms with van der Waals surface area (Å²) in [7, 11) is -0.990. The van der Waals surface area contributed by atoms with Gasteiger partial charge in [-0.25, -0.2) is 0 Å². The molecular formula is C27H37NO4.